The number of nitrogens with one attached hydrogen (secondary N) is 1. The summed E-state index contributed by atoms with van der Waals surface area (Å²) < 4.78 is 10.3. The van der Waals surface area contributed by atoms with Gasteiger partial charge in [0.05, 0.1) is 38.4 Å². The molecule has 0 spiro atoms. The molecule has 2 atom stereocenters. The quantitative estimate of drug-likeness (QED) is 0.727. The SMILES string of the molecule is COCCNCC(=O)N1C(C)COCC1C.Cl. The largest absolute Gasteiger partial charge is 0.383 e. The minimum Gasteiger partial charge on any atom is -0.383 e. The first-order valence-corrected chi connectivity index (χ1v) is 5.75. The van der Waals surface area contributed by atoms with Crippen LogP contribution in [-0.4, -0.2) is 62.9 Å². The highest BCUT2D eigenvalue weighted by atomic mass is 35.5. The lowest BCUT2D eigenvalue weighted by Crippen LogP contribution is -2.54. The molecule has 1 rings (SSSR count). The summed E-state index contributed by atoms with van der Waals surface area (Å²) >= 11 is 0. The summed E-state index contributed by atoms with van der Waals surface area (Å²) in [5.41, 5.74) is 0. The molecule has 5 nitrogen and oxygen atoms in total. The Hall–Kier alpha value is -0.360. The Balaban J connectivity index is 0.00000256. The number of methoxy groups -OCH3 is 1. The summed E-state index contributed by atoms with van der Waals surface area (Å²) in [6.45, 7) is 7.00. The molecular formula is C11H23ClN2O3. The van der Waals surface area contributed by atoms with Crippen LogP contribution in [0.3, 0.4) is 0 Å². The van der Waals surface area contributed by atoms with Gasteiger partial charge in [-0.2, -0.15) is 0 Å². The number of hydrogen-bond donors (Lipinski definition) is 1. The Morgan fingerprint density at radius 2 is 2.00 bits per heavy atom. The molecule has 2 unspecified atom stereocenters. The second kappa shape index (κ2) is 8.69. The Kier molecular flexibility index (Phi) is 8.51. The van der Waals surface area contributed by atoms with Gasteiger partial charge < -0.3 is 19.7 Å². The van der Waals surface area contributed by atoms with E-state index in [1.807, 2.05) is 18.7 Å². The molecule has 0 aromatic rings. The van der Waals surface area contributed by atoms with E-state index in [1.165, 1.54) is 0 Å². The van der Waals surface area contributed by atoms with Crippen LogP contribution in [0.15, 0.2) is 0 Å². The number of halogens is 1. The molecule has 0 radical (unpaired) electrons. The average Bonchev–Trinajstić information content (AvgIpc) is 2.24. The molecule has 1 aliphatic rings. The number of amides is 1. The summed E-state index contributed by atoms with van der Waals surface area (Å²) in [4.78, 5) is 13.9. The van der Waals surface area contributed by atoms with E-state index >= 15 is 0 Å². The molecular weight excluding hydrogens is 244 g/mol. The van der Waals surface area contributed by atoms with Crippen LogP contribution in [0.25, 0.3) is 0 Å². The maximum Gasteiger partial charge on any atom is 0.237 e. The molecule has 17 heavy (non-hydrogen) atoms. The van der Waals surface area contributed by atoms with E-state index in [-0.39, 0.29) is 30.4 Å². The maximum absolute atomic E-state index is 11.9. The zero-order chi connectivity index (χ0) is 12.0. The van der Waals surface area contributed by atoms with E-state index < -0.39 is 0 Å². The monoisotopic (exact) mass is 266 g/mol. The minimum absolute atomic E-state index is 0. The number of hydrogen-bond acceptors (Lipinski definition) is 4. The third-order valence-corrected chi connectivity index (χ3v) is 2.72. The van der Waals surface area contributed by atoms with Crippen molar-refractivity contribution in [3.05, 3.63) is 0 Å². The fraction of sp³-hybridized carbons (Fsp3) is 0.909. The number of morpholine rings is 1. The molecule has 0 aliphatic carbocycles. The standard InChI is InChI=1S/C11H22N2O3.ClH/c1-9-7-16-8-10(2)13(9)11(14)6-12-4-5-15-3;/h9-10,12H,4-8H2,1-3H3;1H. The lowest BCUT2D eigenvalue weighted by molar-refractivity contribution is -0.143. The number of rotatable bonds is 5. The fourth-order valence-corrected chi connectivity index (χ4v) is 1.96. The van der Waals surface area contributed by atoms with Gasteiger partial charge in [-0.05, 0) is 13.8 Å². The predicted octanol–water partition coefficient (Wildman–Crippen LogP) is 0.280. The van der Waals surface area contributed by atoms with E-state index in [4.69, 9.17) is 9.47 Å². The summed E-state index contributed by atoms with van der Waals surface area (Å²) in [5.74, 6) is 0.138. The number of ether oxygens (including phenoxy) is 2. The lowest BCUT2D eigenvalue weighted by atomic mass is 10.1. The average molecular weight is 267 g/mol. The molecule has 1 fully saturated rings. The van der Waals surface area contributed by atoms with Crippen molar-refractivity contribution >= 4 is 18.3 Å². The minimum atomic E-state index is 0. The van der Waals surface area contributed by atoms with Gasteiger partial charge in [-0.1, -0.05) is 0 Å². The summed E-state index contributed by atoms with van der Waals surface area (Å²) in [6.07, 6.45) is 0. The van der Waals surface area contributed by atoms with Crippen molar-refractivity contribution in [3.8, 4) is 0 Å². The van der Waals surface area contributed by atoms with Gasteiger partial charge >= 0.3 is 0 Å². The predicted molar refractivity (Wildman–Crippen MR) is 68.6 cm³/mol. The van der Waals surface area contributed by atoms with Crippen molar-refractivity contribution in [1.82, 2.24) is 10.2 Å². The van der Waals surface area contributed by atoms with E-state index in [0.29, 0.717) is 32.9 Å². The van der Waals surface area contributed by atoms with Crippen LogP contribution >= 0.6 is 12.4 Å². The fourth-order valence-electron chi connectivity index (χ4n) is 1.96. The van der Waals surface area contributed by atoms with Gasteiger partial charge in [0, 0.05) is 13.7 Å². The highest BCUT2D eigenvalue weighted by molar-refractivity contribution is 5.85. The first kappa shape index (κ1) is 16.6. The van der Waals surface area contributed by atoms with Crippen molar-refractivity contribution in [2.75, 3.05) is 40.0 Å². The first-order valence-electron chi connectivity index (χ1n) is 5.75. The van der Waals surface area contributed by atoms with Gasteiger partial charge in [0.15, 0.2) is 0 Å². The Morgan fingerprint density at radius 1 is 1.41 bits per heavy atom. The van der Waals surface area contributed by atoms with Crippen LogP contribution in [0.4, 0.5) is 0 Å². The van der Waals surface area contributed by atoms with Gasteiger partial charge in [0.25, 0.3) is 0 Å². The highest BCUT2D eigenvalue weighted by Gasteiger charge is 2.28. The summed E-state index contributed by atoms with van der Waals surface area (Å²) in [6, 6.07) is 0.334. The zero-order valence-corrected chi connectivity index (χ0v) is 11.6. The molecule has 0 aromatic carbocycles. The Labute approximate surface area is 109 Å². The van der Waals surface area contributed by atoms with Crippen LogP contribution in [-0.2, 0) is 14.3 Å². The van der Waals surface area contributed by atoms with Crippen LogP contribution in [0.5, 0.6) is 0 Å². The Morgan fingerprint density at radius 3 is 2.53 bits per heavy atom. The van der Waals surface area contributed by atoms with Crippen LogP contribution in [0, 0.1) is 0 Å². The normalized spacial score (nSPS) is 24.3. The topological polar surface area (TPSA) is 50.8 Å². The number of nitrogens with zero attached hydrogens (tertiary/aromatic N) is 1. The molecule has 0 bridgehead atoms. The third kappa shape index (κ3) is 5.21. The van der Waals surface area contributed by atoms with Gasteiger partial charge in [0.2, 0.25) is 5.91 Å². The smallest absolute Gasteiger partial charge is 0.237 e. The van der Waals surface area contributed by atoms with Gasteiger partial charge in [-0.15, -0.1) is 12.4 Å². The summed E-state index contributed by atoms with van der Waals surface area (Å²) in [7, 11) is 1.65. The summed E-state index contributed by atoms with van der Waals surface area (Å²) in [5, 5.41) is 3.07. The molecule has 102 valence electrons. The highest BCUT2D eigenvalue weighted by Crippen LogP contribution is 2.12. The van der Waals surface area contributed by atoms with E-state index in [1.54, 1.807) is 7.11 Å². The number of carbonyl (C=O) groups excluding carboxylic acids is 1. The first-order chi connectivity index (χ1) is 7.66. The maximum atomic E-state index is 11.9. The van der Waals surface area contributed by atoms with Crippen LogP contribution in [0.1, 0.15) is 13.8 Å². The molecule has 0 saturated carbocycles. The molecule has 1 aliphatic heterocycles. The molecule has 1 saturated heterocycles. The molecule has 1 amide bonds. The van der Waals surface area contributed by atoms with Crippen LogP contribution < -0.4 is 5.32 Å². The van der Waals surface area contributed by atoms with Gasteiger partial charge in [0.1, 0.15) is 0 Å². The van der Waals surface area contributed by atoms with Gasteiger partial charge in [-0.25, -0.2) is 0 Å². The van der Waals surface area contributed by atoms with Crippen LogP contribution in [0.2, 0.25) is 0 Å². The van der Waals surface area contributed by atoms with Crippen molar-refractivity contribution < 1.29 is 14.3 Å². The third-order valence-electron chi connectivity index (χ3n) is 2.72. The Bertz CT molecular complexity index is 219. The van der Waals surface area contributed by atoms with E-state index in [9.17, 15) is 4.79 Å². The van der Waals surface area contributed by atoms with Crippen molar-refractivity contribution in [1.29, 1.82) is 0 Å². The second-order valence-corrected chi connectivity index (χ2v) is 4.21. The van der Waals surface area contributed by atoms with Crippen molar-refractivity contribution in [2.45, 2.75) is 25.9 Å². The van der Waals surface area contributed by atoms with Crippen molar-refractivity contribution in [2.24, 2.45) is 0 Å². The van der Waals surface area contributed by atoms with E-state index in [2.05, 4.69) is 5.32 Å². The second-order valence-electron chi connectivity index (χ2n) is 4.21. The molecule has 6 heteroatoms. The molecule has 1 heterocycles. The van der Waals surface area contributed by atoms with Gasteiger partial charge in [-0.3, -0.25) is 4.79 Å². The molecule has 1 N–H and O–H groups in total. The number of carbonyl (C=O) groups is 1. The molecule has 0 aromatic heterocycles. The zero-order valence-electron chi connectivity index (χ0n) is 10.8. The van der Waals surface area contributed by atoms with Crippen molar-refractivity contribution in [3.63, 3.8) is 0 Å². The van der Waals surface area contributed by atoms with E-state index in [0.717, 1.165) is 0 Å². The lowest BCUT2D eigenvalue weighted by Gasteiger charge is -2.38.